The number of hydrogen-bond acceptors (Lipinski definition) is 5. The van der Waals surface area contributed by atoms with Gasteiger partial charge in [-0.25, -0.2) is 9.79 Å². The molecule has 0 unspecified atom stereocenters. The predicted octanol–water partition coefficient (Wildman–Crippen LogP) is 7.81. The predicted molar refractivity (Wildman–Crippen MR) is 152 cm³/mol. The largest absolute Gasteiger partial charge is 0.493 e. The third kappa shape index (κ3) is 5.84. The first kappa shape index (κ1) is 25.0. The summed E-state index contributed by atoms with van der Waals surface area (Å²) in [6.45, 7) is 0.381. The van der Waals surface area contributed by atoms with Gasteiger partial charge >= 0.3 is 5.97 Å². The van der Waals surface area contributed by atoms with Crippen molar-refractivity contribution in [3.05, 3.63) is 122 Å². The maximum absolute atomic E-state index is 12.6. The molecule has 0 fully saturated rings. The highest BCUT2D eigenvalue weighted by Crippen LogP contribution is 2.38. The van der Waals surface area contributed by atoms with Crippen molar-refractivity contribution in [2.45, 2.75) is 6.61 Å². The number of cyclic esters (lactones) is 1. The first-order valence-corrected chi connectivity index (χ1v) is 13.0. The second-order valence-corrected chi connectivity index (χ2v) is 10.00. The molecule has 0 radical (unpaired) electrons. The fourth-order valence-corrected chi connectivity index (χ4v) is 4.66. The Bertz CT molecular complexity index is 1500. The number of benzene rings is 4. The SMILES string of the molecule is COc1cc(/C=C2\N=C(c3ccc(-c4ccccc4)cc3)OC2=O)cc(Br)c1OCc1ccc(Br)cc1. The first-order chi connectivity index (χ1) is 18.0. The van der Waals surface area contributed by atoms with Gasteiger partial charge in [-0.05, 0) is 80.7 Å². The fraction of sp³-hybridized carbons (Fsp3) is 0.0667. The minimum absolute atomic E-state index is 0.208. The van der Waals surface area contributed by atoms with Crippen LogP contribution in [0, 0.1) is 0 Å². The average Bonchev–Trinajstić information content (AvgIpc) is 3.29. The normalized spacial score (nSPS) is 13.9. The number of carbonyl (C=O) groups is 1. The Hall–Kier alpha value is -3.68. The molecule has 1 heterocycles. The van der Waals surface area contributed by atoms with E-state index in [0.717, 1.165) is 32.3 Å². The summed E-state index contributed by atoms with van der Waals surface area (Å²) in [6.07, 6.45) is 1.67. The van der Waals surface area contributed by atoms with E-state index in [0.29, 0.717) is 22.6 Å². The maximum atomic E-state index is 12.6. The number of ether oxygens (including phenoxy) is 3. The van der Waals surface area contributed by atoms with E-state index < -0.39 is 5.97 Å². The van der Waals surface area contributed by atoms with Gasteiger partial charge in [-0.1, -0.05) is 70.5 Å². The number of methoxy groups -OCH3 is 1. The molecule has 5 rings (SSSR count). The van der Waals surface area contributed by atoms with Crippen molar-refractivity contribution in [3.63, 3.8) is 0 Å². The topological polar surface area (TPSA) is 57.1 Å². The van der Waals surface area contributed by atoms with Gasteiger partial charge in [0.25, 0.3) is 0 Å². The van der Waals surface area contributed by atoms with E-state index in [1.165, 1.54) is 0 Å². The lowest BCUT2D eigenvalue weighted by atomic mass is 10.0. The number of carbonyl (C=O) groups excluding carboxylic acids is 1. The van der Waals surface area contributed by atoms with Crippen LogP contribution in [-0.2, 0) is 16.1 Å². The van der Waals surface area contributed by atoms with E-state index in [9.17, 15) is 4.79 Å². The zero-order valence-corrected chi connectivity index (χ0v) is 23.0. The molecule has 0 N–H and O–H groups in total. The lowest BCUT2D eigenvalue weighted by Gasteiger charge is -2.14. The molecule has 0 atom stereocenters. The molecule has 0 aromatic heterocycles. The van der Waals surface area contributed by atoms with E-state index >= 15 is 0 Å². The molecule has 0 saturated heterocycles. The second kappa shape index (κ2) is 11.2. The molecular weight excluding hydrogens is 598 g/mol. The van der Waals surface area contributed by atoms with Crippen molar-refractivity contribution in [3.8, 4) is 22.6 Å². The molecule has 184 valence electrons. The van der Waals surface area contributed by atoms with Gasteiger partial charge in [0.2, 0.25) is 5.90 Å². The highest BCUT2D eigenvalue weighted by molar-refractivity contribution is 9.10. The summed E-state index contributed by atoms with van der Waals surface area (Å²) >= 11 is 7.01. The molecule has 1 aliphatic rings. The van der Waals surface area contributed by atoms with Gasteiger partial charge in [-0.15, -0.1) is 0 Å². The molecule has 0 amide bonds. The van der Waals surface area contributed by atoms with Crippen molar-refractivity contribution in [1.29, 1.82) is 0 Å². The van der Waals surface area contributed by atoms with Crippen LogP contribution in [0.1, 0.15) is 16.7 Å². The van der Waals surface area contributed by atoms with Crippen molar-refractivity contribution in [1.82, 2.24) is 0 Å². The summed E-state index contributed by atoms with van der Waals surface area (Å²) in [7, 11) is 1.57. The van der Waals surface area contributed by atoms with Crippen LogP contribution < -0.4 is 9.47 Å². The lowest BCUT2D eigenvalue weighted by Crippen LogP contribution is -2.05. The van der Waals surface area contributed by atoms with Crippen LogP contribution in [0.25, 0.3) is 17.2 Å². The summed E-state index contributed by atoms with van der Waals surface area (Å²) in [6, 6.07) is 29.4. The fourth-order valence-electron chi connectivity index (χ4n) is 3.83. The van der Waals surface area contributed by atoms with E-state index in [1.807, 2.05) is 84.9 Å². The number of rotatable bonds is 7. The number of esters is 1. The van der Waals surface area contributed by atoms with Gasteiger partial charge in [-0.2, -0.15) is 0 Å². The Morgan fingerprint density at radius 3 is 2.24 bits per heavy atom. The monoisotopic (exact) mass is 617 g/mol. The third-order valence-electron chi connectivity index (χ3n) is 5.71. The summed E-state index contributed by atoms with van der Waals surface area (Å²) in [5.41, 5.74) is 4.87. The van der Waals surface area contributed by atoms with Crippen molar-refractivity contribution < 1.29 is 19.0 Å². The van der Waals surface area contributed by atoms with E-state index in [1.54, 1.807) is 19.3 Å². The number of halogens is 2. The van der Waals surface area contributed by atoms with Crippen LogP contribution in [0.3, 0.4) is 0 Å². The second-order valence-electron chi connectivity index (χ2n) is 8.23. The highest BCUT2D eigenvalue weighted by Gasteiger charge is 2.24. The molecule has 0 saturated carbocycles. The van der Waals surface area contributed by atoms with Crippen LogP contribution >= 0.6 is 31.9 Å². The van der Waals surface area contributed by atoms with E-state index in [-0.39, 0.29) is 11.6 Å². The molecule has 0 spiro atoms. The van der Waals surface area contributed by atoms with Gasteiger partial charge < -0.3 is 14.2 Å². The van der Waals surface area contributed by atoms with Crippen LogP contribution in [0.5, 0.6) is 11.5 Å². The number of nitrogens with zero attached hydrogens (tertiary/aromatic N) is 1. The van der Waals surface area contributed by atoms with Crippen LogP contribution in [0.2, 0.25) is 0 Å². The first-order valence-electron chi connectivity index (χ1n) is 11.4. The molecular formula is C30H21Br2NO4. The minimum Gasteiger partial charge on any atom is -0.493 e. The summed E-state index contributed by atoms with van der Waals surface area (Å²) in [4.78, 5) is 17.0. The zero-order valence-electron chi connectivity index (χ0n) is 19.8. The summed E-state index contributed by atoms with van der Waals surface area (Å²) in [5.74, 6) is 0.874. The lowest BCUT2D eigenvalue weighted by molar-refractivity contribution is -0.129. The number of aliphatic imine (C=N–C) groups is 1. The van der Waals surface area contributed by atoms with E-state index in [4.69, 9.17) is 14.2 Å². The zero-order chi connectivity index (χ0) is 25.8. The molecule has 37 heavy (non-hydrogen) atoms. The van der Waals surface area contributed by atoms with Crippen LogP contribution in [0.15, 0.2) is 111 Å². The Balaban J connectivity index is 1.36. The smallest absolute Gasteiger partial charge is 0.363 e. The Labute approximate surface area is 231 Å². The quantitative estimate of drug-likeness (QED) is 0.157. The Morgan fingerprint density at radius 1 is 0.865 bits per heavy atom. The molecule has 7 heteroatoms. The van der Waals surface area contributed by atoms with E-state index in [2.05, 4.69) is 36.9 Å². The third-order valence-corrected chi connectivity index (χ3v) is 6.83. The van der Waals surface area contributed by atoms with Crippen LogP contribution in [0.4, 0.5) is 0 Å². The molecule has 0 aliphatic carbocycles. The van der Waals surface area contributed by atoms with Crippen molar-refractivity contribution >= 4 is 49.8 Å². The summed E-state index contributed by atoms with van der Waals surface area (Å²) in [5, 5.41) is 0. The van der Waals surface area contributed by atoms with Gasteiger partial charge in [-0.3, -0.25) is 0 Å². The molecule has 1 aliphatic heterocycles. The maximum Gasteiger partial charge on any atom is 0.363 e. The molecule has 4 aromatic rings. The minimum atomic E-state index is -0.507. The van der Waals surface area contributed by atoms with Crippen molar-refractivity contribution in [2.75, 3.05) is 7.11 Å². The van der Waals surface area contributed by atoms with Gasteiger partial charge in [0.1, 0.15) is 6.61 Å². The molecule has 4 aromatic carbocycles. The Morgan fingerprint density at radius 2 is 1.54 bits per heavy atom. The van der Waals surface area contributed by atoms with Crippen molar-refractivity contribution in [2.24, 2.45) is 4.99 Å². The van der Waals surface area contributed by atoms with Crippen LogP contribution in [-0.4, -0.2) is 19.0 Å². The number of hydrogen-bond donors (Lipinski definition) is 0. The van der Waals surface area contributed by atoms with Gasteiger partial charge in [0, 0.05) is 10.0 Å². The standard InChI is InChI=1S/C30H21Br2NO4/c1-35-27-17-20(15-25(32)28(27)36-18-19-7-13-24(31)14-8-19)16-26-30(34)37-29(33-26)23-11-9-22(10-12-23)21-5-3-2-4-6-21/h2-17H,18H2,1H3/b26-16-. The van der Waals surface area contributed by atoms with Gasteiger partial charge in [0.15, 0.2) is 17.2 Å². The van der Waals surface area contributed by atoms with Gasteiger partial charge in [0.05, 0.1) is 11.6 Å². The Kier molecular flexibility index (Phi) is 7.53. The average molecular weight is 619 g/mol. The molecule has 0 bridgehead atoms. The highest BCUT2D eigenvalue weighted by atomic mass is 79.9. The molecule has 5 nitrogen and oxygen atoms in total. The summed E-state index contributed by atoms with van der Waals surface area (Å²) < 4.78 is 18.7.